The summed E-state index contributed by atoms with van der Waals surface area (Å²) >= 11 is 0. The minimum absolute atomic E-state index is 0.678. The summed E-state index contributed by atoms with van der Waals surface area (Å²) in [5.74, 6) is 2.36. The fourth-order valence-corrected chi connectivity index (χ4v) is 7.48. The van der Waals surface area contributed by atoms with Crippen molar-refractivity contribution >= 4 is 0 Å². The van der Waals surface area contributed by atoms with Crippen molar-refractivity contribution in [3.05, 3.63) is 216 Å². The monoisotopic (exact) mass is 640 g/mol. The molecule has 7 aromatic carbocycles. The Hall–Kier alpha value is -6.58. The van der Waals surface area contributed by atoms with E-state index in [9.17, 15) is 0 Å². The van der Waals surface area contributed by atoms with Crippen LogP contribution in [0.25, 0.3) is 45.0 Å². The summed E-state index contributed by atoms with van der Waals surface area (Å²) in [7, 11) is 0. The largest absolute Gasteiger partial charge is 0.457 e. The zero-order chi connectivity index (χ0) is 33.3. The molecule has 0 unspecified atom stereocenters. The maximum absolute atomic E-state index is 6.60. The average molecular weight is 641 g/mol. The molecule has 1 aliphatic rings. The van der Waals surface area contributed by atoms with E-state index in [1.54, 1.807) is 0 Å². The lowest BCUT2D eigenvalue weighted by Gasteiger charge is -2.42. The lowest BCUT2D eigenvalue weighted by Crippen LogP contribution is -2.34. The molecule has 1 aliphatic heterocycles. The molecule has 0 atom stereocenters. The van der Waals surface area contributed by atoms with E-state index >= 15 is 0 Å². The van der Waals surface area contributed by atoms with Crippen molar-refractivity contribution in [3.63, 3.8) is 0 Å². The normalized spacial score (nSPS) is 12.7. The molecule has 3 heteroatoms. The van der Waals surface area contributed by atoms with Crippen LogP contribution in [0, 0.1) is 0 Å². The summed E-state index contributed by atoms with van der Waals surface area (Å²) in [5, 5.41) is 0. The molecule has 0 spiro atoms. The smallest absolute Gasteiger partial charge is 0.161 e. The van der Waals surface area contributed by atoms with Gasteiger partial charge in [0, 0.05) is 27.8 Å². The van der Waals surface area contributed by atoms with Gasteiger partial charge in [0.15, 0.2) is 5.82 Å². The highest BCUT2D eigenvalue weighted by molar-refractivity contribution is 5.84. The van der Waals surface area contributed by atoms with Gasteiger partial charge in [-0.3, -0.25) is 0 Å². The highest BCUT2D eigenvalue weighted by Gasteiger charge is 2.46. The zero-order valence-corrected chi connectivity index (χ0v) is 27.3. The van der Waals surface area contributed by atoms with Crippen LogP contribution >= 0.6 is 0 Å². The number of aromatic nitrogens is 2. The average Bonchev–Trinajstić information content (AvgIpc) is 3.21. The van der Waals surface area contributed by atoms with E-state index in [1.807, 2.05) is 24.3 Å². The quantitative estimate of drug-likeness (QED) is 0.181. The Labute approximate surface area is 292 Å². The standard InChI is InChI=1S/C47H32N2O/c1-4-18-33(19-5-1)36-24-10-11-25-37(36)46-48-42(34-20-6-2-7-21-34)32-43(49-46)38-26-12-13-27-39(38)47(35-22-8-3-9-23-35)40-28-14-16-30-44(40)50-45-31-17-15-29-41(45)47/h1-32H. The van der Waals surface area contributed by atoms with E-state index < -0.39 is 5.41 Å². The fourth-order valence-electron chi connectivity index (χ4n) is 7.48. The highest BCUT2D eigenvalue weighted by atomic mass is 16.5. The molecule has 8 aromatic rings. The summed E-state index contributed by atoms with van der Waals surface area (Å²) in [6.45, 7) is 0. The third kappa shape index (κ3) is 4.91. The van der Waals surface area contributed by atoms with Crippen LogP contribution in [0.4, 0.5) is 0 Å². The Kier molecular flexibility index (Phi) is 7.37. The molecule has 0 bridgehead atoms. The van der Waals surface area contributed by atoms with Crippen LogP contribution in [0.3, 0.4) is 0 Å². The first kappa shape index (κ1) is 29.6. The van der Waals surface area contributed by atoms with Gasteiger partial charge in [0.05, 0.1) is 16.8 Å². The van der Waals surface area contributed by atoms with Gasteiger partial charge in [-0.2, -0.15) is 0 Å². The van der Waals surface area contributed by atoms with Gasteiger partial charge in [0.2, 0.25) is 0 Å². The number of fused-ring (bicyclic) bond motifs is 2. The minimum atomic E-state index is -0.691. The van der Waals surface area contributed by atoms with Crippen LogP contribution in [-0.4, -0.2) is 9.97 Å². The minimum Gasteiger partial charge on any atom is -0.457 e. The molecule has 0 saturated heterocycles. The summed E-state index contributed by atoms with van der Waals surface area (Å²) in [4.78, 5) is 10.7. The Morgan fingerprint density at radius 1 is 0.360 bits per heavy atom. The van der Waals surface area contributed by atoms with Crippen LogP contribution in [-0.2, 0) is 5.41 Å². The van der Waals surface area contributed by atoms with Gasteiger partial charge in [-0.25, -0.2) is 9.97 Å². The molecule has 0 radical (unpaired) electrons. The fraction of sp³-hybridized carbons (Fsp3) is 0.0213. The molecule has 0 saturated carbocycles. The Bertz CT molecular complexity index is 2410. The number of nitrogens with zero attached hydrogens (tertiary/aromatic N) is 2. The first-order valence-corrected chi connectivity index (χ1v) is 16.9. The second-order valence-corrected chi connectivity index (χ2v) is 12.5. The maximum Gasteiger partial charge on any atom is 0.161 e. The highest BCUT2D eigenvalue weighted by Crippen LogP contribution is 2.56. The van der Waals surface area contributed by atoms with Gasteiger partial charge in [-0.1, -0.05) is 176 Å². The molecule has 0 fully saturated rings. The van der Waals surface area contributed by atoms with Crippen LogP contribution in [0.5, 0.6) is 11.5 Å². The molecule has 0 amide bonds. The second kappa shape index (κ2) is 12.5. The van der Waals surface area contributed by atoms with Crippen LogP contribution in [0.15, 0.2) is 194 Å². The predicted molar refractivity (Wildman–Crippen MR) is 202 cm³/mol. The first-order chi connectivity index (χ1) is 24.8. The van der Waals surface area contributed by atoms with Gasteiger partial charge in [-0.05, 0) is 40.5 Å². The molecular weight excluding hydrogens is 609 g/mol. The molecule has 3 nitrogen and oxygen atoms in total. The maximum atomic E-state index is 6.60. The Balaban J connectivity index is 1.36. The summed E-state index contributed by atoms with van der Waals surface area (Å²) in [6.07, 6.45) is 0. The van der Waals surface area contributed by atoms with E-state index in [4.69, 9.17) is 14.7 Å². The molecule has 9 rings (SSSR count). The summed E-state index contributed by atoms with van der Waals surface area (Å²) < 4.78 is 6.60. The van der Waals surface area contributed by atoms with E-state index in [2.05, 4.69) is 170 Å². The van der Waals surface area contributed by atoms with Crippen molar-refractivity contribution in [1.29, 1.82) is 0 Å². The van der Waals surface area contributed by atoms with E-state index in [0.717, 1.165) is 73.0 Å². The summed E-state index contributed by atoms with van der Waals surface area (Å²) in [6, 6.07) is 67.7. The number of rotatable bonds is 6. The van der Waals surface area contributed by atoms with Crippen molar-refractivity contribution < 1.29 is 4.74 Å². The molecular formula is C47H32N2O. The number of ether oxygens (including phenoxy) is 1. The molecule has 236 valence electrons. The SMILES string of the molecule is c1ccc(-c2cc(-c3ccccc3C3(c4ccccc4)c4ccccc4Oc4ccccc43)nc(-c3ccccc3-c3ccccc3)n2)cc1. The first-order valence-electron chi connectivity index (χ1n) is 16.9. The number of para-hydroxylation sites is 2. The van der Waals surface area contributed by atoms with Gasteiger partial charge in [0.25, 0.3) is 0 Å². The van der Waals surface area contributed by atoms with Crippen molar-refractivity contribution in [1.82, 2.24) is 9.97 Å². The van der Waals surface area contributed by atoms with Gasteiger partial charge >= 0.3 is 0 Å². The topological polar surface area (TPSA) is 35.0 Å². The lowest BCUT2D eigenvalue weighted by molar-refractivity contribution is 0.434. The molecule has 2 heterocycles. The van der Waals surface area contributed by atoms with E-state index in [-0.39, 0.29) is 0 Å². The van der Waals surface area contributed by atoms with E-state index in [1.165, 1.54) is 0 Å². The zero-order valence-electron chi connectivity index (χ0n) is 27.3. The third-order valence-electron chi connectivity index (χ3n) is 9.66. The number of hydrogen-bond acceptors (Lipinski definition) is 3. The number of benzene rings is 7. The Morgan fingerprint density at radius 3 is 1.46 bits per heavy atom. The van der Waals surface area contributed by atoms with Crippen LogP contribution in [0.1, 0.15) is 22.3 Å². The van der Waals surface area contributed by atoms with Crippen molar-refractivity contribution in [2.75, 3.05) is 0 Å². The van der Waals surface area contributed by atoms with E-state index in [0.29, 0.717) is 5.82 Å². The van der Waals surface area contributed by atoms with Crippen molar-refractivity contribution in [3.8, 4) is 56.5 Å². The molecule has 50 heavy (non-hydrogen) atoms. The third-order valence-corrected chi connectivity index (χ3v) is 9.66. The van der Waals surface area contributed by atoms with Crippen molar-refractivity contribution in [2.45, 2.75) is 5.41 Å². The molecule has 0 N–H and O–H groups in total. The van der Waals surface area contributed by atoms with Gasteiger partial charge in [-0.15, -0.1) is 0 Å². The number of hydrogen-bond donors (Lipinski definition) is 0. The second-order valence-electron chi connectivity index (χ2n) is 12.5. The van der Waals surface area contributed by atoms with Gasteiger partial charge in [0.1, 0.15) is 11.5 Å². The van der Waals surface area contributed by atoms with Crippen LogP contribution < -0.4 is 4.74 Å². The summed E-state index contributed by atoms with van der Waals surface area (Å²) in [5.41, 5.74) is 10.7. The predicted octanol–water partition coefficient (Wildman–Crippen LogP) is 11.6. The lowest BCUT2D eigenvalue weighted by atomic mass is 9.62. The van der Waals surface area contributed by atoms with Crippen molar-refractivity contribution in [2.24, 2.45) is 0 Å². The molecule has 1 aromatic heterocycles. The van der Waals surface area contributed by atoms with Crippen LogP contribution in [0.2, 0.25) is 0 Å². The Morgan fingerprint density at radius 2 is 0.820 bits per heavy atom. The molecule has 0 aliphatic carbocycles. The van der Waals surface area contributed by atoms with Gasteiger partial charge < -0.3 is 4.74 Å².